The molecule has 110 valence electrons. The number of hydrogen-bond acceptors (Lipinski definition) is 5. The lowest BCUT2D eigenvalue weighted by Crippen LogP contribution is -2.10. The van der Waals surface area contributed by atoms with E-state index in [2.05, 4.69) is 19.9 Å². The lowest BCUT2D eigenvalue weighted by Gasteiger charge is -2.13. The van der Waals surface area contributed by atoms with E-state index >= 15 is 0 Å². The summed E-state index contributed by atoms with van der Waals surface area (Å²) in [4.78, 5) is 16.9. The molecule has 21 heavy (non-hydrogen) atoms. The van der Waals surface area contributed by atoms with E-state index in [-0.39, 0.29) is 11.8 Å². The quantitative estimate of drug-likeness (QED) is 0.859. The molecular weight excluding hydrogens is 269 g/mol. The molecule has 2 N–H and O–H groups in total. The summed E-state index contributed by atoms with van der Waals surface area (Å²) >= 11 is 0. The van der Waals surface area contributed by atoms with Crippen molar-refractivity contribution < 1.29 is 4.39 Å². The van der Waals surface area contributed by atoms with Crippen LogP contribution in [0.4, 0.5) is 10.3 Å². The molecule has 0 aliphatic heterocycles. The Labute approximate surface area is 122 Å². The van der Waals surface area contributed by atoms with Crippen molar-refractivity contribution in [2.45, 2.75) is 44.4 Å². The number of nitrogens with two attached hydrogens (primary N) is 1. The molecule has 1 aliphatic carbocycles. The monoisotopic (exact) mass is 287 g/mol. The van der Waals surface area contributed by atoms with Gasteiger partial charge in [-0.1, -0.05) is 25.7 Å². The van der Waals surface area contributed by atoms with Crippen molar-refractivity contribution in [3.8, 4) is 11.5 Å². The fourth-order valence-electron chi connectivity index (χ4n) is 2.75. The molecule has 0 amide bonds. The maximum absolute atomic E-state index is 13.0. The SMILES string of the molecule is Nc1nc(-c2ccc(F)cn2)nc(C2CCCCCC2)n1. The first kappa shape index (κ1) is 13.9. The van der Waals surface area contributed by atoms with Gasteiger partial charge >= 0.3 is 0 Å². The zero-order chi connectivity index (χ0) is 14.7. The molecule has 0 atom stereocenters. The van der Waals surface area contributed by atoms with E-state index in [1.54, 1.807) is 6.07 Å². The molecule has 0 aromatic carbocycles. The van der Waals surface area contributed by atoms with Crippen LogP contribution in [0.3, 0.4) is 0 Å². The zero-order valence-corrected chi connectivity index (χ0v) is 11.8. The van der Waals surface area contributed by atoms with Crippen LogP contribution < -0.4 is 5.73 Å². The van der Waals surface area contributed by atoms with Crippen molar-refractivity contribution >= 4 is 5.95 Å². The molecule has 5 nitrogen and oxygen atoms in total. The second kappa shape index (κ2) is 6.11. The van der Waals surface area contributed by atoms with Crippen LogP contribution in [-0.2, 0) is 0 Å². The normalized spacial score (nSPS) is 16.6. The Bertz CT molecular complexity index is 606. The van der Waals surface area contributed by atoms with Crippen molar-refractivity contribution in [2.75, 3.05) is 5.73 Å². The van der Waals surface area contributed by atoms with E-state index < -0.39 is 0 Å². The Balaban J connectivity index is 1.93. The van der Waals surface area contributed by atoms with Gasteiger partial charge in [-0.2, -0.15) is 9.97 Å². The number of pyridine rings is 1. The number of aromatic nitrogens is 4. The topological polar surface area (TPSA) is 77.6 Å². The second-order valence-corrected chi connectivity index (χ2v) is 5.43. The summed E-state index contributed by atoms with van der Waals surface area (Å²) < 4.78 is 13.0. The summed E-state index contributed by atoms with van der Waals surface area (Å²) in [6.45, 7) is 0. The number of halogens is 1. The Morgan fingerprint density at radius 2 is 1.76 bits per heavy atom. The number of nitrogen functional groups attached to an aromatic ring is 1. The molecule has 0 unspecified atom stereocenters. The van der Waals surface area contributed by atoms with Gasteiger partial charge in [-0.3, -0.25) is 0 Å². The first-order valence-corrected chi connectivity index (χ1v) is 7.36. The van der Waals surface area contributed by atoms with Crippen LogP contribution >= 0.6 is 0 Å². The maximum atomic E-state index is 13.0. The Morgan fingerprint density at radius 3 is 2.43 bits per heavy atom. The Kier molecular flexibility index (Phi) is 4.03. The van der Waals surface area contributed by atoms with Crippen LogP contribution in [0.2, 0.25) is 0 Å². The first-order valence-electron chi connectivity index (χ1n) is 7.36. The Hall–Kier alpha value is -2.11. The smallest absolute Gasteiger partial charge is 0.223 e. The van der Waals surface area contributed by atoms with E-state index in [1.807, 2.05) is 0 Å². The summed E-state index contributed by atoms with van der Waals surface area (Å²) in [6, 6.07) is 2.90. The molecule has 0 spiro atoms. The average Bonchev–Trinajstić information content (AvgIpc) is 2.76. The molecule has 2 aromatic heterocycles. The van der Waals surface area contributed by atoms with Crippen LogP contribution in [0.1, 0.15) is 50.3 Å². The van der Waals surface area contributed by atoms with Crippen molar-refractivity contribution in [3.63, 3.8) is 0 Å². The average molecular weight is 287 g/mol. The summed E-state index contributed by atoms with van der Waals surface area (Å²) in [7, 11) is 0. The zero-order valence-electron chi connectivity index (χ0n) is 11.8. The third-order valence-electron chi connectivity index (χ3n) is 3.85. The third kappa shape index (κ3) is 3.32. The minimum absolute atomic E-state index is 0.199. The molecule has 6 heteroatoms. The highest BCUT2D eigenvalue weighted by atomic mass is 19.1. The largest absolute Gasteiger partial charge is 0.368 e. The van der Waals surface area contributed by atoms with Gasteiger partial charge in [0.1, 0.15) is 17.3 Å². The van der Waals surface area contributed by atoms with Crippen molar-refractivity contribution in [1.29, 1.82) is 0 Å². The molecule has 0 bridgehead atoms. The van der Waals surface area contributed by atoms with Gasteiger partial charge in [-0.25, -0.2) is 14.4 Å². The highest BCUT2D eigenvalue weighted by Crippen LogP contribution is 2.30. The van der Waals surface area contributed by atoms with E-state index in [1.165, 1.54) is 31.7 Å². The van der Waals surface area contributed by atoms with Gasteiger partial charge in [0.05, 0.1) is 6.20 Å². The molecular formula is C15H18FN5. The third-order valence-corrected chi connectivity index (χ3v) is 3.85. The lowest BCUT2D eigenvalue weighted by atomic mass is 9.99. The standard InChI is InChI=1S/C15H18FN5/c16-11-7-8-12(18-9-11)14-19-13(20-15(17)21-14)10-5-3-1-2-4-6-10/h7-10H,1-6H2,(H2,17,19,20,21). The number of rotatable bonds is 2. The van der Waals surface area contributed by atoms with Crippen LogP contribution in [0.5, 0.6) is 0 Å². The van der Waals surface area contributed by atoms with Crippen LogP contribution in [0, 0.1) is 5.82 Å². The first-order chi connectivity index (χ1) is 10.2. The fraction of sp³-hybridized carbons (Fsp3) is 0.467. The number of anilines is 1. The number of nitrogens with zero attached hydrogens (tertiary/aromatic N) is 4. The van der Waals surface area contributed by atoms with E-state index in [0.29, 0.717) is 17.4 Å². The van der Waals surface area contributed by atoms with Crippen LogP contribution in [0.15, 0.2) is 18.3 Å². The number of hydrogen-bond donors (Lipinski definition) is 1. The summed E-state index contributed by atoms with van der Waals surface area (Å²) in [6.07, 6.45) is 8.24. The van der Waals surface area contributed by atoms with Crippen LogP contribution in [-0.4, -0.2) is 19.9 Å². The van der Waals surface area contributed by atoms with Crippen molar-refractivity contribution in [2.24, 2.45) is 0 Å². The summed E-state index contributed by atoms with van der Waals surface area (Å²) in [5.74, 6) is 1.31. The molecule has 2 aromatic rings. The molecule has 0 radical (unpaired) electrons. The minimum Gasteiger partial charge on any atom is -0.368 e. The van der Waals surface area contributed by atoms with Gasteiger partial charge in [0.2, 0.25) is 5.95 Å². The van der Waals surface area contributed by atoms with Gasteiger partial charge in [-0.15, -0.1) is 0 Å². The molecule has 3 rings (SSSR count). The molecule has 1 saturated carbocycles. The molecule has 0 saturated heterocycles. The second-order valence-electron chi connectivity index (χ2n) is 5.43. The van der Waals surface area contributed by atoms with E-state index in [9.17, 15) is 4.39 Å². The van der Waals surface area contributed by atoms with Crippen molar-refractivity contribution in [1.82, 2.24) is 19.9 Å². The maximum Gasteiger partial charge on any atom is 0.223 e. The Morgan fingerprint density at radius 1 is 1.00 bits per heavy atom. The van der Waals surface area contributed by atoms with Gasteiger partial charge in [-0.05, 0) is 25.0 Å². The minimum atomic E-state index is -0.384. The van der Waals surface area contributed by atoms with E-state index in [4.69, 9.17) is 5.73 Å². The molecule has 1 aliphatic rings. The summed E-state index contributed by atoms with van der Waals surface area (Å²) in [5, 5.41) is 0. The van der Waals surface area contributed by atoms with Gasteiger partial charge in [0.15, 0.2) is 5.82 Å². The fourth-order valence-corrected chi connectivity index (χ4v) is 2.75. The van der Waals surface area contributed by atoms with E-state index in [0.717, 1.165) is 24.9 Å². The summed E-state index contributed by atoms with van der Waals surface area (Å²) in [5.41, 5.74) is 6.32. The molecule has 2 heterocycles. The van der Waals surface area contributed by atoms with Gasteiger partial charge in [0.25, 0.3) is 0 Å². The van der Waals surface area contributed by atoms with Crippen LogP contribution in [0.25, 0.3) is 11.5 Å². The highest BCUT2D eigenvalue weighted by Gasteiger charge is 2.19. The van der Waals surface area contributed by atoms with Crippen molar-refractivity contribution in [3.05, 3.63) is 30.0 Å². The van der Waals surface area contributed by atoms with Gasteiger partial charge in [0, 0.05) is 5.92 Å². The predicted molar refractivity (Wildman–Crippen MR) is 77.9 cm³/mol. The lowest BCUT2D eigenvalue weighted by molar-refractivity contribution is 0.559. The molecule has 1 fully saturated rings. The predicted octanol–water partition coefficient (Wildman–Crippen LogP) is 3.09. The van der Waals surface area contributed by atoms with Gasteiger partial charge < -0.3 is 5.73 Å². The highest BCUT2D eigenvalue weighted by molar-refractivity contribution is 5.49.